The molecule has 1 fully saturated rings. The summed E-state index contributed by atoms with van der Waals surface area (Å²) in [5, 5.41) is 11.3. The number of halogens is 1. The van der Waals surface area contributed by atoms with E-state index >= 15 is 0 Å². The van der Waals surface area contributed by atoms with Crippen LogP contribution in [0.2, 0.25) is 5.02 Å². The van der Waals surface area contributed by atoms with Crippen LogP contribution in [0.4, 0.5) is 17.1 Å². The molecule has 0 N–H and O–H groups in total. The van der Waals surface area contributed by atoms with E-state index in [9.17, 15) is 19.7 Å². The second-order valence-electron chi connectivity index (χ2n) is 6.76. The Morgan fingerprint density at radius 2 is 1.34 bits per heavy atom. The Hall–Kier alpha value is -3.88. The molecule has 0 radical (unpaired) electrons. The van der Waals surface area contributed by atoms with Crippen molar-refractivity contribution in [3.63, 3.8) is 0 Å². The lowest BCUT2D eigenvalue weighted by Crippen LogP contribution is -2.56. The lowest BCUT2D eigenvalue weighted by atomic mass is 10.0. The number of thiocarbonyl (C=S) groups is 1. The maximum atomic E-state index is 13.4. The van der Waals surface area contributed by atoms with Gasteiger partial charge in [-0.05, 0) is 48.6 Å². The third-order valence-electron chi connectivity index (χ3n) is 4.77. The summed E-state index contributed by atoms with van der Waals surface area (Å²) >= 11 is 11.7. The summed E-state index contributed by atoms with van der Waals surface area (Å²) in [7, 11) is 0. The fraction of sp³-hybridized carbons (Fsp3) is 0. The van der Waals surface area contributed by atoms with Crippen molar-refractivity contribution in [3.8, 4) is 0 Å². The van der Waals surface area contributed by atoms with Crippen LogP contribution < -0.4 is 9.80 Å². The average Bonchev–Trinajstić information content (AvgIpc) is 2.79. The van der Waals surface area contributed by atoms with Crippen molar-refractivity contribution >= 4 is 63.9 Å². The molecule has 0 spiro atoms. The van der Waals surface area contributed by atoms with Crippen LogP contribution >= 0.6 is 23.8 Å². The van der Waals surface area contributed by atoms with Crippen LogP contribution in [-0.4, -0.2) is 21.9 Å². The molecule has 0 aromatic heterocycles. The van der Waals surface area contributed by atoms with E-state index in [0.29, 0.717) is 11.4 Å². The Balaban J connectivity index is 1.90. The highest BCUT2D eigenvalue weighted by atomic mass is 35.5. The summed E-state index contributed by atoms with van der Waals surface area (Å²) in [5.74, 6) is -1.30. The van der Waals surface area contributed by atoms with Gasteiger partial charge >= 0.3 is 0 Å². The molecule has 4 rings (SSSR count). The van der Waals surface area contributed by atoms with E-state index in [1.165, 1.54) is 34.1 Å². The molecule has 2 amide bonds. The van der Waals surface area contributed by atoms with Crippen LogP contribution in [0, 0.1) is 10.1 Å². The van der Waals surface area contributed by atoms with Gasteiger partial charge in [-0.25, -0.2) is 0 Å². The average molecular weight is 464 g/mol. The largest absolute Gasteiger partial charge is 0.270 e. The van der Waals surface area contributed by atoms with Gasteiger partial charge in [-0.15, -0.1) is 0 Å². The SMILES string of the molecule is O=C1C(=Cc2cc([N+](=O)[O-])ccc2Cl)C(=O)N(c2ccccc2)C(=S)N1c1ccccc1. The monoisotopic (exact) mass is 463 g/mol. The molecule has 1 saturated heterocycles. The molecule has 0 bridgehead atoms. The van der Waals surface area contributed by atoms with E-state index in [2.05, 4.69) is 0 Å². The highest BCUT2D eigenvalue weighted by molar-refractivity contribution is 7.81. The van der Waals surface area contributed by atoms with E-state index in [1.807, 2.05) is 0 Å². The number of rotatable bonds is 4. The number of amides is 2. The van der Waals surface area contributed by atoms with Gasteiger partial charge in [0.25, 0.3) is 17.5 Å². The molecule has 32 heavy (non-hydrogen) atoms. The first-order valence-corrected chi connectivity index (χ1v) is 10.2. The minimum absolute atomic E-state index is 0.000288. The molecule has 0 unspecified atom stereocenters. The number of carbonyl (C=O) groups is 2. The van der Waals surface area contributed by atoms with Crippen LogP contribution in [0.5, 0.6) is 0 Å². The molecule has 0 aliphatic carbocycles. The molecule has 3 aromatic carbocycles. The Morgan fingerprint density at radius 3 is 1.81 bits per heavy atom. The highest BCUT2D eigenvalue weighted by Crippen LogP contribution is 2.31. The number of benzene rings is 3. The standard InChI is InChI=1S/C23H14ClN3O4S/c24-20-12-11-18(27(30)31)13-15(20)14-19-21(28)25(16-7-3-1-4-8-16)23(32)26(22(19)29)17-9-5-2-6-10-17/h1-14H. The molecule has 3 aromatic rings. The summed E-state index contributed by atoms with van der Waals surface area (Å²) in [4.78, 5) is 39.9. The number of non-ortho nitro benzene ring substituents is 1. The number of hydrogen-bond donors (Lipinski definition) is 0. The minimum Gasteiger partial charge on any atom is -0.268 e. The molecular weight excluding hydrogens is 450 g/mol. The Labute approximate surface area is 193 Å². The smallest absolute Gasteiger partial charge is 0.268 e. The van der Waals surface area contributed by atoms with E-state index in [-0.39, 0.29) is 27.0 Å². The summed E-state index contributed by atoms with van der Waals surface area (Å²) in [5.41, 5.74) is 0.686. The molecule has 0 saturated carbocycles. The second-order valence-corrected chi connectivity index (χ2v) is 7.53. The van der Waals surface area contributed by atoms with Gasteiger partial charge in [0.1, 0.15) is 5.57 Å². The van der Waals surface area contributed by atoms with E-state index < -0.39 is 16.7 Å². The summed E-state index contributed by atoms with van der Waals surface area (Å²) in [6, 6.07) is 21.2. The molecule has 7 nitrogen and oxygen atoms in total. The molecular formula is C23H14ClN3O4S. The van der Waals surface area contributed by atoms with Gasteiger partial charge in [0.05, 0.1) is 16.3 Å². The van der Waals surface area contributed by atoms with Crippen LogP contribution in [0.15, 0.2) is 84.4 Å². The van der Waals surface area contributed by atoms with Crippen LogP contribution in [0.25, 0.3) is 6.08 Å². The van der Waals surface area contributed by atoms with Gasteiger partial charge in [-0.2, -0.15) is 0 Å². The van der Waals surface area contributed by atoms with Gasteiger partial charge in [-0.3, -0.25) is 29.5 Å². The zero-order chi connectivity index (χ0) is 22.8. The van der Waals surface area contributed by atoms with Crippen molar-refractivity contribution < 1.29 is 14.5 Å². The van der Waals surface area contributed by atoms with Crippen molar-refractivity contribution in [1.82, 2.24) is 0 Å². The first kappa shape index (κ1) is 21.4. The number of hydrogen-bond acceptors (Lipinski definition) is 5. The maximum absolute atomic E-state index is 13.4. The van der Waals surface area contributed by atoms with Crippen molar-refractivity contribution in [2.24, 2.45) is 0 Å². The number of carbonyl (C=O) groups excluding carboxylic acids is 2. The number of nitrogens with zero attached hydrogens (tertiary/aromatic N) is 3. The van der Waals surface area contributed by atoms with E-state index in [0.717, 1.165) is 0 Å². The first-order chi connectivity index (χ1) is 15.4. The van der Waals surface area contributed by atoms with Gasteiger partial charge in [0, 0.05) is 22.7 Å². The molecule has 1 heterocycles. The Morgan fingerprint density at radius 1 is 0.844 bits per heavy atom. The molecule has 0 atom stereocenters. The van der Waals surface area contributed by atoms with Crippen molar-refractivity contribution in [1.29, 1.82) is 0 Å². The van der Waals surface area contributed by atoms with Crippen LogP contribution in [0.1, 0.15) is 5.56 Å². The minimum atomic E-state index is -0.652. The van der Waals surface area contributed by atoms with E-state index in [4.69, 9.17) is 23.8 Å². The first-order valence-electron chi connectivity index (χ1n) is 9.37. The Kier molecular flexibility index (Phi) is 5.81. The summed E-state index contributed by atoms with van der Waals surface area (Å²) in [6.07, 6.45) is 1.26. The molecule has 1 aliphatic rings. The lowest BCUT2D eigenvalue weighted by molar-refractivity contribution is -0.384. The Bertz CT molecular complexity index is 1220. The number of nitro groups is 1. The fourth-order valence-electron chi connectivity index (χ4n) is 3.25. The lowest BCUT2D eigenvalue weighted by Gasteiger charge is -2.36. The summed E-state index contributed by atoms with van der Waals surface area (Å²) < 4.78 is 0. The van der Waals surface area contributed by atoms with Gasteiger partial charge in [-0.1, -0.05) is 48.0 Å². The zero-order valence-electron chi connectivity index (χ0n) is 16.3. The topological polar surface area (TPSA) is 83.8 Å². The number of nitro benzene ring substituents is 1. The third-order valence-corrected chi connectivity index (χ3v) is 5.48. The quantitative estimate of drug-likeness (QED) is 0.179. The molecule has 1 aliphatic heterocycles. The third kappa shape index (κ3) is 3.89. The predicted octanol–water partition coefficient (Wildman–Crippen LogP) is 5.00. The van der Waals surface area contributed by atoms with Crippen molar-refractivity contribution in [2.75, 3.05) is 9.80 Å². The number of para-hydroxylation sites is 2. The van der Waals surface area contributed by atoms with Gasteiger partial charge in [0.15, 0.2) is 5.11 Å². The fourth-order valence-corrected chi connectivity index (χ4v) is 3.80. The summed E-state index contributed by atoms with van der Waals surface area (Å²) in [6.45, 7) is 0. The molecule has 158 valence electrons. The maximum Gasteiger partial charge on any atom is 0.270 e. The van der Waals surface area contributed by atoms with Gasteiger partial charge < -0.3 is 0 Å². The van der Waals surface area contributed by atoms with Crippen LogP contribution in [-0.2, 0) is 9.59 Å². The van der Waals surface area contributed by atoms with E-state index in [1.54, 1.807) is 60.7 Å². The predicted molar refractivity (Wildman–Crippen MR) is 127 cm³/mol. The second kappa shape index (κ2) is 8.70. The normalized spacial score (nSPS) is 14.0. The van der Waals surface area contributed by atoms with Crippen LogP contribution in [0.3, 0.4) is 0 Å². The van der Waals surface area contributed by atoms with Crippen molar-refractivity contribution in [2.45, 2.75) is 0 Å². The number of anilines is 2. The molecule has 9 heteroatoms. The van der Waals surface area contributed by atoms with Gasteiger partial charge in [0.2, 0.25) is 0 Å². The van der Waals surface area contributed by atoms with Crippen molar-refractivity contribution in [3.05, 3.63) is 105 Å². The highest BCUT2D eigenvalue weighted by Gasteiger charge is 2.41. The zero-order valence-corrected chi connectivity index (χ0v) is 17.9.